The molecular weight excluding hydrogens is 356 g/mol. The Kier molecular flexibility index (Phi) is 4.68. The van der Waals surface area contributed by atoms with Gasteiger partial charge in [0.2, 0.25) is 5.13 Å². The molecule has 2 heterocycles. The zero-order chi connectivity index (χ0) is 17.4. The molecule has 4 rings (SSSR count). The number of aromatic nitrogens is 2. The number of hydrogen-bond acceptors (Lipinski definition) is 6. The summed E-state index contributed by atoms with van der Waals surface area (Å²) in [6, 6.07) is 1.15. The molecule has 0 spiro atoms. The van der Waals surface area contributed by atoms with Crippen molar-refractivity contribution >= 4 is 26.7 Å². The minimum Gasteiger partial charge on any atom is -0.294 e. The normalized spacial score (nSPS) is 28.0. The van der Waals surface area contributed by atoms with Crippen LogP contribution in [0.25, 0.3) is 0 Å². The summed E-state index contributed by atoms with van der Waals surface area (Å²) in [5.41, 5.74) is 2.72. The number of anilines is 1. The summed E-state index contributed by atoms with van der Waals surface area (Å²) in [7, 11) is -3.53. The van der Waals surface area contributed by atoms with Crippen LogP contribution in [-0.2, 0) is 10.0 Å². The molecule has 8 heteroatoms. The molecule has 0 bridgehead atoms. The molecule has 6 nitrogen and oxygen atoms in total. The standard InChI is InChI=1S/C17H24N4O2S2/c1-12-4-2-3-9-21(12)16-8-5-13-10-14(6-7-15(13)16)25(22,23)20-17-18-11-19-24-17/h10-12,16H,2-9H2,1H3,(H,18,19,20)/t12-,16+/m1/s1. The number of allylic oxidation sites excluding steroid dienone is 3. The van der Waals surface area contributed by atoms with Gasteiger partial charge in [0.15, 0.2) is 0 Å². The molecular formula is C17H24N4O2S2. The average molecular weight is 381 g/mol. The lowest BCUT2D eigenvalue weighted by atomic mass is 9.93. The van der Waals surface area contributed by atoms with Crippen LogP contribution >= 0.6 is 11.5 Å². The SMILES string of the molecule is C[C@@H]1CCCCN1[C@H]1CCC2=C1CCC(S(=O)(=O)Nc1ncns1)=C2. The van der Waals surface area contributed by atoms with Gasteiger partial charge in [0, 0.05) is 23.6 Å². The molecule has 2 atom stereocenters. The Morgan fingerprint density at radius 1 is 1.24 bits per heavy atom. The molecule has 0 saturated carbocycles. The van der Waals surface area contributed by atoms with E-state index in [0.717, 1.165) is 30.8 Å². The molecule has 25 heavy (non-hydrogen) atoms. The highest BCUT2D eigenvalue weighted by Crippen LogP contribution is 2.41. The minimum absolute atomic E-state index is 0.326. The van der Waals surface area contributed by atoms with Gasteiger partial charge in [-0.05, 0) is 69.2 Å². The highest BCUT2D eigenvalue weighted by Gasteiger charge is 2.36. The second-order valence-corrected chi connectivity index (χ2v) is 9.67. The number of rotatable bonds is 4. The van der Waals surface area contributed by atoms with Crippen molar-refractivity contribution < 1.29 is 8.42 Å². The maximum atomic E-state index is 12.6. The molecule has 0 amide bonds. The van der Waals surface area contributed by atoms with Crippen LogP contribution in [0.4, 0.5) is 5.13 Å². The second kappa shape index (κ2) is 6.81. The fourth-order valence-electron chi connectivity index (χ4n) is 4.42. The van der Waals surface area contributed by atoms with Gasteiger partial charge < -0.3 is 0 Å². The van der Waals surface area contributed by atoms with Gasteiger partial charge in [0.1, 0.15) is 6.33 Å². The topological polar surface area (TPSA) is 75.2 Å². The molecule has 1 fully saturated rings. The quantitative estimate of drug-likeness (QED) is 0.867. The summed E-state index contributed by atoms with van der Waals surface area (Å²) >= 11 is 1.06. The fraction of sp³-hybridized carbons (Fsp3) is 0.647. The van der Waals surface area contributed by atoms with Crippen LogP contribution in [-0.4, -0.2) is 41.3 Å². The Balaban J connectivity index is 1.55. The molecule has 0 radical (unpaired) electrons. The third-order valence-corrected chi connectivity index (χ3v) is 7.84. The van der Waals surface area contributed by atoms with E-state index in [1.54, 1.807) is 0 Å². The third kappa shape index (κ3) is 3.39. The molecule has 0 aromatic carbocycles. The van der Waals surface area contributed by atoms with Crippen molar-refractivity contribution in [3.8, 4) is 0 Å². The van der Waals surface area contributed by atoms with Gasteiger partial charge in [-0.25, -0.2) is 13.4 Å². The van der Waals surface area contributed by atoms with E-state index >= 15 is 0 Å². The molecule has 3 aliphatic rings. The first kappa shape index (κ1) is 17.2. The number of piperidine rings is 1. The lowest BCUT2D eigenvalue weighted by molar-refractivity contribution is 0.121. The monoisotopic (exact) mass is 380 g/mol. The lowest BCUT2D eigenvalue weighted by Gasteiger charge is -2.39. The Morgan fingerprint density at radius 3 is 2.88 bits per heavy atom. The van der Waals surface area contributed by atoms with Crippen molar-refractivity contribution in [1.82, 2.24) is 14.3 Å². The van der Waals surface area contributed by atoms with Gasteiger partial charge in [-0.3, -0.25) is 9.62 Å². The predicted octanol–water partition coefficient (Wildman–Crippen LogP) is 3.29. The van der Waals surface area contributed by atoms with Gasteiger partial charge in [0.25, 0.3) is 10.0 Å². The molecule has 1 aromatic heterocycles. The van der Waals surface area contributed by atoms with Crippen molar-refractivity contribution in [3.05, 3.63) is 28.5 Å². The van der Waals surface area contributed by atoms with Crippen LogP contribution in [0.2, 0.25) is 0 Å². The molecule has 1 N–H and O–H groups in total. The Hall–Kier alpha value is -1.25. The number of nitrogens with one attached hydrogen (secondary N) is 1. The van der Waals surface area contributed by atoms with E-state index < -0.39 is 10.0 Å². The highest BCUT2D eigenvalue weighted by atomic mass is 32.2. The Labute approximate surface area is 153 Å². The number of likely N-dealkylation sites (tertiary alicyclic amines) is 1. The Bertz CT molecular complexity index is 799. The van der Waals surface area contributed by atoms with Gasteiger partial charge in [-0.15, -0.1) is 0 Å². The maximum absolute atomic E-state index is 12.6. The van der Waals surface area contributed by atoms with Gasteiger partial charge in [-0.2, -0.15) is 4.37 Å². The van der Waals surface area contributed by atoms with Crippen LogP contribution < -0.4 is 4.72 Å². The van der Waals surface area contributed by atoms with Crippen LogP contribution in [0.15, 0.2) is 28.5 Å². The van der Waals surface area contributed by atoms with Crippen LogP contribution in [0.5, 0.6) is 0 Å². The van der Waals surface area contributed by atoms with Crippen LogP contribution in [0.1, 0.15) is 51.9 Å². The van der Waals surface area contributed by atoms with Crippen molar-refractivity contribution in [2.24, 2.45) is 0 Å². The van der Waals surface area contributed by atoms with Crippen molar-refractivity contribution in [2.45, 2.75) is 64.0 Å². The first-order chi connectivity index (χ1) is 12.0. The summed E-state index contributed by atoms with van der Waals surface area (Å²) in [5.74, 6) is 0. The number of nitrogens with zero attached hydrogens (tertiary/aromatic N) is 3. The Morgan fingerprint density at radius 2 is 2.12 bits per heavy atom. The molecule has 1 saturated heterocycles. The smallest absolute Gasteiger partial charge is 0.259 e. The summed E-state index contributed by atoms with van der Waals surface area (Å²) in [5, 5.41) is 0.326. The van der Waals surface area contributed by atoms with E-state index in [1.807, 2.05) is 6.08 Å². The maximum Gasteiger partial charge on any atom is 0.259 e. The number of hydrogen-bond donors (Lipinski definition) is 1. The molecule has 0 unspecified atom stereocenters. The fourth-order valence-corrected chi connectivity index (χ4v) is 6.27. The van der Waals surface area contributed by atoms with Crippen molar-refractivity contribution in [1.29, 1.82) is 0 Å². The van der Waals surface area contributed by atoms with E-state index in [-0.39, 0.29) is 0 Å². The third-order valence-electron chi connectivity index (χ3n) is 5.66. The first-order valence-corrected chi connectivity index (χ1v) is 11.3. The summed E-state index contributed by atoms with van der Waals surface area (Å²) < 4.78 is 31.6. The molecule has 1 aliphatic heterocycles. The van der Waals surface area contributed by atoms with E-state index in [0.29, 0.717) is 28.5 Å². The zero-order valence-corrected chi connectivity index (χ0v) is 16.1. The van der Waals surface area contributed by atoms with Crippen LogP contribution in [0.3, 0.4) is 0 Å². The molecule has 1 aromatic rings. The second-order valence-electron chi connectivity index (χ2n) is 7.15. The van der Waals surface area contributed by atoms with Gasteiger partial charge in [-0.1, -0.05) is 6.42 Å². The highest BCUT2D eigenvalue weighted by molar-refractivity contribution is 7.96. The van der Waals surface area contributed by atoms with E-state index in [1.165, 1.54) is 43.3 Å². The lowest BCUT2D eigenvalue weighted by Crippen LogP contribution is -2.44. The minimum atomic E-state index is -3.53. The zero-order valence-electron chi connectivity index (χ0n) is 14.4. The van der Waals surface area contributed by atoms with Crippen molar-refractivity contribution in [2.75, 3.05) is 11.3 Å². The van der Waals surface area contributed by atoms with E-state index in [4.69, 9.17) is 0 Å². The molecule has 136 valence electrons. The number of sulfonamides is 1. The summed E-state index contributed by atoms with van der Waals surface area (Å²) in [6.45, 7) is 3.51. The average Bonchev–Trinajstić information content (AvgIpc) is 3.24. The van der Waals surface area contributed by atoms with Crippen molar-refractivity contribution in [3.63, 3.8) is 0 Å². The van der Waals surface area contributed by atoms with E-state index in [2.05, 4.69) is 25.9 Å². The van der Waals surface area contributed by atoms with Gasteiger partial charge >= 0.3 is 0 Å². The predicted molar refractivity (Wildman–Crippen MR) is 99.8 cm³/mol. The van der Waals surface area contributed by atoms with E-state index in [9.17, 15) is 8.42 Å². The van der Waals surface area contributed by atoms with Gasteiger partial charge in [0.05, 0.1) is 4.91 Å². The largest absolute Gasteiger partial charge is 0.294 e. The first-order valence-electron chi connectivity index (χ1n) is 9.02. The van der Waals surface area contributed by atoms with Crippen LogP contribution in [0, 0.1) is 0 Å². The summed E-state index contributed by atoms with van der Waals surface area (Å²) in [4.78, 5) is 7.05. The summed E-state index contributed by atoms with van der Waals surface area (Å²) in [6.07, 6.45) is 10.7. The molecule has 2 aliphatic carbocycles.